The average molecular weight is 536 g/mol. The maximum absolute atomic E-state index is 14.1. The van der Waals surface area contributed by atoms with Crippen molar-refractivity contribution >= 4 is 27.5 Å². The molecule has 8 heteroatoms. The lowest BCUT2D eigenvalue weighted by molar-refractivity contribution is -0.139. The maximum Gasteiger partial charge on any atom is 0.244 e. The first-order valence-corrected chi connectivity index (χ1v) is 14.5. The molecular weight excluding hydrogens is 498 g/mol. The van der Waals surface area contributed by atoms with Crippen molar-refractivity contribution in [2.75, 3.05) is 24.2 Å². The summed E-state index contributed by atoms with van der Waals surface area (Å²) in [5.74, 6) is -0.726. The first kappa shape index (κ1) is 28.9. The predicted octanol–water partition coefficient (Wildman–Crippen LogP) is 4.27. The van der Waals surface area contributed by atoms with Gasteiger partial charge in [0.1, 0.15) is 12.6 Å². The molecule has 0 aliphatic heterocycles. The number of amides is 2. The van der Waals surface area contributed by atoms with Gasteiger partial charge in [0, 0.05) is 20.0 Å². The Balaban J connectivity index is 2.08. The minimum absolute atomic E-state index is 0.0466. The van der Waals surface area contributed by atoms with Crippen molar-refractivity contribution in [2.24, 2.45) is 0 Å². The second kappa shape index (κ2) is 12.7. The van der Waals surface area contributed by atoms with Crippen LogP contribution in [-0.2, 0) is 32.6 Å². The van der Waals surface area contributed by atoms with Gasteiger partial charge in [-0.15, -0.1) is 0 Å². The molecule has 0 spiro atoms. The number of hydrogen-bond donors (Lipinski definition) is 1. The van der Waals surface area contributed by atoms with Crippen LogP contribution in [0.4, 0.5) is 5.69 Å². The number of sulfonamides is 1. The quantitative estimate of drug-likeness (QED) is 0.397. The van der Waals surface area contributed by atoms with Gasteiger partial charge in [0.15, 0.2) is 0 Å². The molecule has 3 aromatic carbocycles. The van der Waals surface area contributed by atoms with Crippen LogP contribution in [0.1, 0.15) is 42.0 Å². The van der Waals surface area contributed by atoms with E-state index in [1.165, 1.54) is 4.90 Å². The van der Waals surface area contributed by atoms with Gasteiger partial charge >= 0.3 is 0 Å². The molecule has 1 atom stereocenters. The lowest BCUT2D eigenvalue weighted by Gasteiger charge is -2.34. The van der Waals surface area contributed by atoms with Crippen LogP contribution in [0.25, 0.3) is 0 Å². The molecule has 7 nitrogen and oxygen atoms in total. The Morgan fingerprint density at radius 3 is 2.11 bits per heavy atom. The highest BCUT2D eigenvalue weighted by Crippen LogP contribution is 2.29. The van der Waals surface area contributed by atoms with Gasteiger partial charge in [0.2, 0.25) is 21.8 Å². The van der Waals surface area contributed by atoms with Gasteiger partial charge in [-0.2, -0.15) is 0 Å². The van der Waals surface area contributed by atoms with E-state index >= 15 is 0 Å². The van der Waals surface area contributed by atoms with Crippen LogP contribution >= 0.6 is 0 Å². The summed E-state index contributed by atoms with van der Waals surface area (Å²) in [5.41, 5.74) is 4.05. The number of benzene rings is 3. The van der Waals surface area contributed by atoms with Gasteiger partial charge in [-0.1, -0.05) is 86.6 Å². The van der Waals surface area contributed by atoms with Gasteiger partial charge in [0.25, 0.3) is 0 Å². The lowest BCUT2D eigenvalue weighted by Crippen LogP contribution is -2.53. The zero-order valence-electron chi connectivity index (χ0n) is 22.7. The van der Waals surface area contributed by atoms with E-state index < -0.39 is 28.5 Å². The molecule has 1 unspecified atom stereocenters. The van der Waals surface area contributed by atoms with Crippen molar-refractivity contribution < 1.29 is 18.0 Å². The van der Waals surface area contributed by atoms with Crippen molar-refractivity contribution in [2.45, 2.75) is 45.7 Å². The summed E-state index contributed by atoms with van der Waals surface area (Å²) in [7, 11) is -2.27. The van der Waals surface area contributed by atoms with Gasteiger partial charge in [0.05, 0.1) is 11.9 Å². The van der Waals surface area contributed by atoms with Crippen molar-refractivity contribution in [1.82, 2.24) is 10.2 Å². The van der Waals surface area contributed by atoms with Crippen molar-refractivity contribution in [1.29, 1.82) is 0 Å². The largest absolute Gasteiger partial charge is 0.357 e. The van der Waals surface area contributed by atoms with Crippen molar-refractivity contribution in [3.8, 4) is 0 Å². The number of carbonyl (C=O) groups is 2. The number of nitrogens with one attached hydrogen (secondary N) is 1. The van der Waals surface area contributed by atoms with Crippen LogP contribution in [0, 0.1) is 6.92 Å². The standard InChI is InChI=1S/C30H37N3O4S/c1-22(2)26-17-11-12-18-27(26)33(38(5,36)37)21-29(34)32(20-25-16-10-9-13-23(25)3)28(30(35)31-4)19-24-14-7-6-8-15-24/h6-18,22,28H,19-21H2,1-5H3,(H,31,35). The van der Waals surface area contributed by atoms with Crippen LogP contribution < -0.4 is 9.62 Å². The molecule has 38 heavy (non-hydrogen) atoms. The van der Waals surface area contributed by atoms with E-state index in [-0.39, 0.29) is 18.4 Å². The Morgan fingerprint density at radius 1 is 0.895 bits per heavy atom. The molecule has 0 bridgehead atoms. The molecule has 0 saturated carbocycles. The predicted molar refractivity (Wildman–Crippen MR) is 152 cm³/mol. The van der Waals surface area contributed by atoms with Crippen LogP contribution in [0.15, 0.2) is 78.9 Å². The molecule has 0 fully saturated rings. The minimum Gasteiger partial charge on any atom is -0.357 e. The minimum atomic E-state index is -3.81. The molecule has 202 valence electrons. The highest BCUT2D eigenvalue weighted by atomic mass is 32.2. The van der Waals surface area contributed by atoms with E-state index in [0.29, 0.717) is 12.1 Å². The van der Waals surface area contributed by atoms with E-state index in [2.05, 4.69) is 5.32 Å². The fraction of sp³-hybridized carbons (Fsp3) is 0.333. The van der Waals surface area contributed by atoms with Crippen molar-refractivity contribution in [3.63, 3.8) is 0 Å². The highest BCUT2D eigenvalue weighted by Gasteiger charge is 2.33. The fourth-order valence-corrected chi connectivity index (χ4v) is 5.36. The normalized spacial score (nSPS) is 12.2. The molecule has 0 radical (unpaired) electrons. The Labute approximate surface area is 226 Å². The number of nitrogens with zero attached hydrogens (tertiary/aromatic N) is 2. The second-order valence-corrected chi connectivity index (χ2v) is 11.7. The summed E-state index contributed by atoms with van der Waals surface area (Å²) in [6.07, 6.45) is 1.39. The number of likely N-dealkylation sites (N-methyl/N-ethyl adjacent to an activating group) is 1. The third-order valence-electron chi connectivity index (χ3n) is 6.63. The lowest BCUT2D eigenvalue weighted by atomic mass is 10.0. The molecule has 3 rings (SSSR count). The second-order valence-electron chi connectivity index (χ2n) is 9.75. The zero-order valence-corrected chi connectivity index (χ0v) is 23.5. The van der Waals surface area contributed by atoms with Gasteiger partial charge in [-0.3, -0.25) is 13.9 Å². The van der Waals surface area contributed by atoms with Crippen molar-refractivity contribution in [3.05, 3.63) is 101 Å². The summed E-state index contributed by atoms with van der Waals surface area (Å²) >= 11 is 0. The summed E-state index contributed by atoms with van der Waals surface area (Å²) in [6, 6.07) is 23.5. The average Bonchev–Trinajstić information content (AvgIpc) is 2.89. The van der Waals surface area contributed by atoms with E-state index in [4.69, 9.17) is 0 Å². The maximum atomic E-state index is 14.1. The first-order chi connectivity index (χ1) is 18.0. The molecule has 0 aliphatic carbocycles. The van der Waals surface area contributed by atoms with E-state index in [1.807, 2.05) is 87.5 Å². The number of para-hydroxylation sites is 1. The summed E-state index contributed by atoms with van der Waals surface area (Å²) in [6.45, 7) is 5.66. The third kappa shape index (κ3) is 7.22. The monoisotopic (exact) mass is 535 g/mol. The molecule has 0 saturated heterocycles. The summed E-state index contributed by atoms with van der Waals surface area (Å²) in [5, 5.41) is 2.70. The zero-order chi connectivity index (χ0) is 27.9. The van der Waals surface area contributed by atoms with E-state index in [9.17, 15) is 18.0 Å². The highest BCUT2D eigenvalue weighted by molar-refractivity contribution is 7.92. The van der Waals surface area contributed by atoms with Gasteiger partial charge in [-0.05, 0) is 41.2 Å². The van der Waals surface area contributed by atoms with Crippen LogP contribution in [0.3, 0.4) is 0 Å². The summed E-state index contributed by atoms with van der Waals surface area (Å²) in [4.78, 5) is 28.8. The Hall–Kier alpha value is -3.65. The smallest absolute Gasteiger partial charge is 0.244 e. The number of carbonyl (C=O) groups excluding carboxylic acids is 2. The van der Waals surface area contributed by atoms with Crippen LogP contribution in [0.5, 0.6) is 0 Å². The number of hydrogen-bond acceptors (Lipinski definition) is 4. The van der Waals surface area contributed by atoms with E-state index in [0.717, 1.165) is 32.8 Å². The fourth-order valence-electron chi connectivity index (χ4n) is 4.49. The Bertz CT molecular complexity index is 1360. The number of rotatable bonds is 11. The third-order valence-corrected chi connectivity index (χ3v) is 7.75. The van der Waals surface area contributed by atoms with Crippen LogP contribution in [-0.4, -0.2) is 51.0 Å². The first-order valence-electron chi connectivity index (χ1n) is 12.7. The Kier molecular flexibility index (Phi) is 9.69. The molecule has 1 N–H and O–H groups in total. The number of anilines is 1. The molecule has 3 aromatic rings. The SMILES string of the molecule is CNC(=O)C(Cc1ccccc1)N(Cc1ccccc1C)C(=O)CN(c1ccccc1C(C)C)S(C)(=O)=O. The number of aryl methyl sites for hydroxylation is 1. The molecular formula is C30H37N3O4S. The Morgan fingerprint density at radius 2 is 1.50 bits per heavy atom. The topological polar surface area (TPSA) is 86.8 Å². The molecule has 0 heterocycles. The molecule has 0 aromatic heterocycles. The molecule has 0 aliphatic rings. The van der Waals surface area contributed by atoms with E-state index in [1.54, 1.807) is 19.2 Å². The van der Waals surface area contributed by atoms with Gasteiger partial charge in [-0.25, -0.2) is 8.42 Å². The summed E-state index contributed by atoms with van der Waals surface area (Å²) < 4.78 is 27.2. The van der Waals surface area contributed by atoms with Gasteiger partial charge < -0.3 is 10.2 Å². The molecule has 2 amide bonds. The van der Waals surface area contributed by atoms with Crippen LogP contribution in [0.2, 0.25) is 0 Å².